The van der Waals surface area contributed by atoms with Gasteiger partial charge in [-0.1, -0.05) is 0 Å². The molecule has 0 radical (unpaired) electrons. The van der Waals surface area contributed by atoms with Crippen LogP contribution >= 0.6 is 0 Å². The van der Waals surface area contributed by atoms with Gasteiger partial charge in [-0.2, -0.15) is 5.26 Å². The molecule has 1 aliphatic heterocycles. The molecule has 1 amide bonds. The number of aliphatic hydroxyl groups is 1. The van der Waals surface area contributed by atoms with Crippen LogP contribution in [0.3, 0.4) is 0 Å². The van der Waals surface area contributed by atoms with Crippen molar-refractivity contribution in [1.82, 2.24) is 20.1 Å². The van der Waals surface area contributed by atoms with Gasteiger partial charge < -0.3 is 24.6 Å². The average Bonchev–Trinajstić information content (AvgIpc) is 3.17. The molecule has 1 aromatic carbocycles. The molecule has 1 atom stereocenters. The van der Waals surface area contributed by atoms with Crippen LogP contribution in [0.15, 0.2) is 24.5 Å². The van der Waals surface area contributed by atoms with E-state index < -0.39 is 17.7 Å². The normalized spacial score (nSPS) is 15.9. The van der Waals surface area contributed by atoms with E-state index in [9.17, 15) is 19.6 Å². The maximum atomic E-state index is 13.4. The molecule has 1 fully saturated rings. The van der Waals surface area contributed by atoms with Gasteiger partial charge in [0.2, 0.25) is 5.91 Å². The van der Waals surface area contributed by atoms with Crippen LogP contribution in [0.2, 0.25) is 0 Å². The number of carbonyl (C=O) groups is 1. The molecule has 10 heteroatoms. The third-order valence-corrected chi connectivity index (χ3v) is 5.46. The minimum Gasteiger partial charge on any atom is -0.370 e. The summed E-state index contributed by atoms with van der Waals surface area (Å²) in [6, 6.07) is 6.32. The number of benzene rings is 1. The minimum atomic E-state index is -1.42. The molecule has 0 saturated carbocycles. The summed E-state index contributed by atoms with van der Waals surface area (Å²) in [6.45, 7) is 4.98. The Morgan fingerprint density at radius 2 is 2.16 bits per heavy atom. The quantitative estimate of drug-likeness (QED) is 0.599. The highest BCUT2D eigenvalue weighted by Gasteiger charge is 2.28. The van der Waals surface area contributed by atoms with Crippen LogP contribution in [0.25, 0.3) is 0 Å². The van der Waals surface area contributed by atoms with Crippen molar-refractivity contribution < 1.29 is 19.0 Å². The number of aromatic nitrogens is 3. The van der Waals surface area contributed by atoms with Gasteiger partial charge >= 0.3 is 0 Å². The van der Waals surface area contributed by atoms with Crippen LogP contribution in [0.4, 0.5) is 10.1 Å². The number of hydrogen-bond donors (Lipinski definition) is 2. The largest absolute Gasteiger partial charge is 0.370 e. The Morgan fingerprint density at radius 3 is 2.75 bits per heavy atom. The van der Waals surface area contributed by atoms with Crippen molar-refractivity contribution in [1.29, 1.82) is 5.26 Å². The number of ether oxygens (including phenoxy) is 1. The minimum absolute atomic E-state index is 0.0104. The molecule has 2 heterocycles. The van der Waals surface area contributed by atoms with Gasteiger partial charge in [-0.25, -0.2) is 4.39 Å². The summed E-state index contributed by atoms with van der Waals surface area (Å²) >= 11 is 0. The number of nitrogens with zero attached hydrogens (tertiary/aromatic N) is 5. The van der Waals surface area contributed by atoms with Gasteiger partial charge in [0, 0.05) is 26.7 Å². The molecule has 9 nitrogen and oxygen atoms in total. The molecule has 172 valence electrons. The molecule has 0 bridgehead atoms. The van der Waals surface area contributed by atoms with Crippen molar-refractivity contribution in [3.05, 3.63) is 41.7 Å². The van der Waals surface area contributed by atoms with Gasteiger partial charge in [0.1, 0.15) is 24.3 Å². The number of aryl methyl sites for hydroxylation is 1. The number of nitrogens with one attached hydrogen (secondary N) is 1. The zero-order valence-electron chi connectivity index (χ0n) is 18.6. The van der Waals surface area contributed by atoms with E-state index in [2.05, 4.69) is 26.5 Å². The topological polar surface area (TPSA) is 116 Å². The Morgan fingerprint density at radius 1 is 1.44 bits per heavy atom. The lowest BCUT2D eigenvalue weighted by Crippen LogP contribution is -2.39. The van der Waals surface area contributed by atoms with E-state index in [4.69, 9.17) is 4.74 Å². The van der Waals surface area contributed by atoms with Gasteiger partial charge in [0.05, 0.1) is 17.7 Å². The first-order valence-corrected chi connectivity index (χ1v) is 10.6. The number of hydrogen-bond acceptors (Lipinski definition) is 7. The maximum Gasteiger partial charge on any atom is 0.223 e. The molecule has 0 aliphatic carbocycles. The Balaban J connectivity index is 1.51. The van der Waals surface area contributed by atoms with E-state index >= 15 is 0 Å². The van der Waals surface area contributed by atoms with Crippen LogP contribution in [0.1, 0.15) is 50.6 Å². The molecule has 2 N–H and O–H groups in total. The summed E-state index contributed by atoms with van der Waals surface area (Å²) in [5.41, 5.74) is 1.07. The van der Waals surface area contributed by atoms with Crippen molar-refractivity contribution in [2.24, 2.45) is 13.0 Å². The fourth-order valence-electron chi connectivity index (χ4n) is 3.87. The standard InChI is InChI=1S/C22H29FN6O3/c1-22(2,31)32-19(21-27-26-14-28(21)3)11-20(30)25-13-15-6-8-29(9-7-15)18-5-4-17(23)10-16(18)12-24/h4-5,10,14-15,19,31H,6-9,11,13H2,1-3H3,(H,25,30)/t19-/m1/s1. The van der Waals surface area contributed by atoms with Gasteiger partial charge in [0.25, 0.3) is 0 Å². The van der Waals surface area contributed by atoms with E-state index in [0.717, 1.165) is 31.6 Å². The van der Waals surface area contributed by atoms with Crippen LogP contribution < -0.4 is 10.2 Å². The van der Waals surface area contributed by atoms with Gasteiger partial charge in [0.15, 0.2) is 11.6 Å². The fraction of sp³-hybridized carbons (Fsp3) is 0.545. The van der Waals surface area contributed by atoms with Crippen molar-refractivity contribution in [2.45, 2.75) is 45.0 Å². The predicted octanol–water partition coefficient (Wildman–Crippen LogP) is 2.03. The second kappa shape index (κ2) is 10.1. The zero-order chi connectivity index (χ0) is 23.3. The Bertz CT molecular complexity index is 973. The second-order valence-corrected chi connectivity index (χ2v) is 8.57. The fourth-order valence-corrected chi connectivity index (χ4v) is 3.87. The summed E-state index contributed by atoms with van der Waals surface area (Å²) < 4.78 is 20.7. The number of rotatable bonds is 8. The number of anilines is 1. The van der Waals surface area contributed by atoms with Gasteiger partial charge in [-0.3, -0.25) is 4.79 Å². The van der Waals surface area contributed by atoms with Gasteiger partial charge in [-0.15, -0.1) is 10.2 Å². The molecular formula is C22H29FN6O3. The highest BCUT2D eigenvalue weighted by atomic mass is 19.1. The van der Waals surface area contributed by atoms with E-state index in [1.807, 2.05) is 0 Å². The molecule has 1 aliphatic rings. The Hall–Kier alpha value is -3.03. The third kappa shape index (κ3) is 6.24. The lowest BCUT2D eigenvalue weighted by atomic mass is 9.95. The number of amides is 1. The summed E-state index contributed by atoms with van der Waals surface area (Å²) in [7, 11) is 1.75. The molecule has 2 aromatic rings. The van der Waals surface area contributed by atoms with Crippen molar-refractivity contribution in [3.63, 3.8) is 0 Å². The number of carbonyl (C=O) groups excluding carboxylic acids is 1. The molecule has 1 saturated heterocycles. The average molecular weight is 445 g/mol. The molecule has 0 spiro atoms. The van der Waals surface area contributed by atoms with Crippen LogP contribution in [0.5, 0.6) is 0 Å². The number of nitriles is 1. The number of halogens is 1. The monoisotopic (exact) mass is 444 g/mol. The van der Waals surface area contributed by atoms with E-state index in [1.54, 1.807) is 17.7 Å². The van der Waals surface area contributed by atoms with E-state index in [-0.39, 0.29) is 12.3 Å². The van der Waals surface area contributed by atoms with E-state index in [1.165, 1.54) is 32.3 Å². The molecular weight excluding hydrogens is 415 g/mol. The molecule has 0 unspecified atom stereocenters. The maximum absolute atomic E-state index is 13.4. The lowest BCUT2D eigenvalue weighted by molar-refractivity contribution is -0.211. The summed E-state index contributed by atoms with van der Waals surface area (Å²) in [4.78, 5) is 14.7. The predicted molar refractivity (Wildman–Crippen MR) is 115 cm³/mol. The summed E-state index contributed by atoms with van der Waals surface area (Å²) in [5, 5.41) is 30.1. The van der Waals surface area contributed by atoms with Crippen molar-refractivity contribution >= 4 is 11.6 Å². The van der Waals surface area contributed by atoms with Crippen LogP contribution in [-0.2, 0) is 16.6 Å². The number of piperidine rings is 1. The zero-order valence-corrected chi connectivity index (χ0v) is 18.6. The summed E-state index contributed by atoms with van der Waals surface area (Å²) in [5.74, 6) is -1.29. The first-order chi connectivity index (χ1) is 15.2. The highest BCUT2D eigenvalue weighted by molar-refractivity contribution is 5.76. The molecule has 32 heavy (non-hydrogen) atoms. The first-order valence-electron chi connectivity index (χ1n) is 10.6. The van der Waals surface area contributed by atoms with Crippen molar-refractivity contribution in [2.75, 3.05) is 24.5 Å². The van der Waals surface area contributed by atoms with Crippen LogP contribution in [0, 0.1) is 23.1 Å². The SMILES string of the molecule is Cn1cnnc1[C@@H](CC(=O)NCC1CCN(c2ccc(F)cc2C#N)CC1)OC(C)(C)O. The van der Waals surface area contributed by atoms with Crippen LogP contribution in [-0.4, -0.2) is 51.2 Å². The lowest BCUT2D eigenvalue weighted by Gasteiger charge is -2.34. The second-order valence-electron chi connectivity index (χ2n) is 8.57. The Labute approximate surface area is 186 Å². The summed E-state index contributed by atoms with van der Waals surface area (Å²) in [6.07, 6.45) is 2.48. The van der Waals surface area contributed by atoms with E-state index in [0.29, 0.717) is 23.9 Å². The third-order valence-electron chi connectivity index (χ3n) is 5.46. The first kappa shape index (κ1) is 23.6. The van der Waals surface area contributed by atoms with Gasteiger partial charge in [-0.05, 0) is 50.8 Å². The molecule has 3 rings (SSSR count). The highest BCUT2D eigenvalue weighted by Crippen LogP contribution is 2.27. The molecule has 1 aromatic heterocycles. The smallest absolute Gasteiger partial charge is 0.223 e. The Kier molecular flexibility index (Phi) is 7.43. The van der Waals surface area contributed by atoms with Crippen molar-refractivity contribution in [3.8, 4) is 6.07 Å².